The number of piperidine rings is 1. The molecule has 1 heterocycles. The van der Waals surface area contributed by atoms with E-state index in [2.05, 4.69) is 41.4 Å². The molecule has 1 fully saturated rings. The van der Waals surface area contributed by atoms with Gasteiger partial charge in [-0.05, 0) is 60.7 Å². The highest BCUT2D eigenvalue weighted by atomic mass is 16.4. The summed E-state index contributed by atoms with van der Waals surface area (Å²) >= 11 is 0. The van der Waals surface area contributed by atoms with Gasteiger partial charge in [-0.1, -0.05) is 43.3 Å². The standard InChI is InChI=1S/C22H28N2O2/c1-17-9-11-24(12-10-17)16-21-7-3-2-6-20(21)15-23-14-18-5-4-8-19(13-18)22(25)26/h2-8,13,17,23H,9-12,14-16H2,1H3,(H,25,26). The van der Waals surface area contributed by atoms with Crippen LogP contribution < -0.4 is 5.32 Å². The number of benzene rings is 2. The van der Waals surface area contributed by atoms with Crippen LogP contribution in [-0.4, -0.2) is 29.1 Å². The molecule has 2 N–H and O–H groups in total. The molecule has 0 atom stereocenters. The Bertz CT molecular complexity index is 736. The molecule has 2 aromatic carbocycles. The van der Waals surface area contributed by atoms with E-state index in [1.807, 2.05) is 6.07 Å². The number of likely N-dealkylation sites (tertiary alicyclic amines) is 1. The minimum atomic E-state index is -0.881. The molecule has 1 aliphatic rings. The first-order valence-electron chi connectivity index (χ1n) is 9.44. The lowest BCUT2D eigenvalue weighted by Gasteiger charge is -2.30. The molecule has 0 amide bonds. The maximum absolute atomic E-state index is 11.1. The molecule has 0 aromatic heterocycles. The van der Waals surface area contributed by atoms with Crippen LogP contribution in [0, 0.1) is 5.92 Å². The van der Waals surface area contributed by atoms with E-state index in [-0.39, 0.29) is 0 Å². The summed E-state index contributed by atoms with van der Waals surface area (Å²) < 4.78 is 0. The zero-order valence-corrected chi connectivity index (χ0v) is 15.4. The Morgan fingerprint density at radius 3 is 2.54 bits per heavy atom. The van der Waals surface area contributed by atoms with Crippen molar-refractivity contribution < 1.29 is 9.90 Å². The smallest absolute Gasteiger partial charge is 0.335 e. The summed E-state index contributed by atoms with van der Waals surface area (Å²) in [6.07, 6.45) is 2.58. The van der Waals surface area contributed by atoms with E-state index in [1.54, 1.807) is 18.2 Å². The van der Waals surface area contributed by atoms with E-state index >= 15 is 0 Å². The molecule has 0 saturated carbocycles. The van der Waals surface area contributed by atoms with Gasteiger partial charge in [0.25, 0.3) is 0 Å². The van der Waals surface area contributed by atoms with Gasteiger partial charge >= 0.3 is 5.97 Å². The second-order valence-electron chi connectivity index (χ2n) is 7.34. The zero-order valence-electron chi connectivity index (χ0n) is 15.4. The summed E-state index contributed by atoms with van der Waals surface area (Å²) in [5.74, 6) is -0.0298. The Hall–Kier alpha value is -2.17. The lowest BCUT2D eigenvalue weighted by molar-refractivity contribution is 0.0696. The Balaban J connectivity index is 1.56. The first-order valence-corrected chi connectivity index (χ1v) is 9.44. The van der Waals surface area contributed by atoms with Crippen molar-refractivity contribution in [3.63, 3.8) is 0 Å². The highest BCUT2D eigenvalue weighted by molar-refractivity contribution is 5.87. The van der Waals surface area contributed by atoms with Gasteiger partial charge < -0.3 is 10.4 Å². The van der Waals surface area contributed by atoms with Gasteiger partial charge in [0.1, 0.15) is 0 Å². The largest absolute Gasteiger partial charge is 0.478 e. The third-order valence-electron chi connectivity index (χ3n) is 5.21. The van der Waals surface area contributed by atoms with Crippen molar-refractivity contribution in [2.45, 2.75) is 39.4 Å². The van der Waals surface area contributed by atoms with Gasteiger partial charge in [0.15, 0.2) is 0 Å². The molecular weight excluding hydrogens is 324 g/mol. The minimum Gasteiger partial charge on any atom is -0.478 e. The molecule has 0 unspecified atom stereocenters. The average molecular weight is 352 g/mol. The van der Waals surface area contributed by atoms with Gasteiger partial charge in [0, 0.05) is 19.6 Å². The number of nitrogens with one attached hydrogen (secondary N) is 1. The molecule has 3 rings (SSSR count). The minimum absolute atomic E-state index is 0.337. The fraction of sp³-hybridized carbons (Fsp3) is 0.409. The van der Waals surface area contributed by atoms with Crippen molar-refractivity contribution >= 4 is 5.97 Å². The highest BCUT2D eigenvalue weighted by Crippen LogP contribution is 2.19. The van der Waals surface area contributed by atoms with E-state index in [4.69, 9.17) is 5.11 Å². The van der Waals surface area contributed by atoms with Crippen LogP contribution in [0.1, 0.15) is 46.8 Å². The van der Waals surface area contributed by atoms with Gasteiger partial charge in [-0.3, -0.25) is 4.90 Å². The van der Waals surface area contributed by atoms with Crippen LogP contribution in [-0.2, 0) is 19.6 Å². The van der Waals surface area contributed by atoms with Crippen LogP contribution in [0.5, 0.6) is 0 Å². The summed E-state index contributed by atoms with van der Waals surface area (Å²) in [5, 5.41) is 12.6. The summed E-state index contributed by atoms with van der Waals surface area (Å²) in [7, 11) is 0. The molecular formula is C22H28N2O2. The van der Waals surface area contributed by atoms with Gasteiger partial charge in [-0.25, -0.2) is 4.79 Å². The van der Waals surface area contributed by atoms with E-state index < -0.39 is 5.97 Å². The topological polar surface area (TPSA) is 52.6 Å². The molecule has 26 heavy (non-hydrogen) atoms. The molecule has 1 saturated heterocycles. The van der Waals surface area contributed by atoms with Crippen LogP contribution in [0.4, 0.5) is 0 Å². The van der Waals surface area contributed by atoms with Crippen molar-refractivity contribution in [2.24, 2.45) is 5.92 Å². The number of carboxylic acid groups (broad SMARTS) is 1. The number of rotatable bonds is 7. The summed E-state index contributed by atoms with van der Waals surface area (Å²) in [6, 6.07) is 15.7. The number of carbonyl (C=O) groups is 1. The van der Waals surface area contributed by atoms with Crippen molar-refractivity contribution in [2.75, 3.05) is 13.1 Å². The van der Waals surface area contributed by atoms with Gasteiger partial charge in [0.05, 0.1) is 5.56 Å². The summed E-state index contributed by atoms with van der Waals surface area (Å²) in [5.41, 5.74) is 4.03. The number of hydrogen-bond donors (Lipinski definition) is 2. The van der Waals surface area contributed by atoms with Crippen LogP contribution >= 0.6 is 0 Å². The third-order valence-corrected chi connectivity index (χ3v) is 5.21. The monoisotopic (exact) mass is 352 g/mol. The zero-order chi connectivity index (χ0) is 18.4. The van der Waals surface area contributed by atoms with Crippen molar-refractivity contribution in [1.82, 2.24) is 10.2 Å². The second-order valence-corrected chi connectivity index (χ2v) is 7.34. The van der Waals surface area contributed by atoms with Crippen LogP contribution in [0.15, 0.2) is 48.5 Å². The van der Waals surface area contributed by atoms with E-state index in [9.17, 15) is 4.79 Å². The molecule has 4 nitrogen and oxygen atoms in total. The van der Waals surface area contributed by atoms with Crippen molar-refractivity contribution in [3.05, 3.63) is 70.8 Å². The first-order chi connectivity index (χ1) is 12.6. The lowest BCUT2D eigenvalue weighted by atomic mass is 9.98. The SMILES string of the molecule is CC1CCN(Cc2ccccc2CNCc2cccc(C(=O)O)c2)CC1. The fourth-order valence-corrected chi connectivity index (χ4v) is 3.50. The second kappa shape index (κ2) is 8.97. The van der Waals surface area contributed by atoms with E-state index in [0.717, 1.165) is 24.6 Å². The molecule has 138 valence electrons. The number of carboxylic acids is 1. The molecule has 0 bridgehead atoms. The van der Waals surface area contributed by atoms with Gasteiger partial charge in [-0.2, -0.15) is 0 Å². The van der Waals surface area contributed by atoms with Crippen LogP contribution in [0.2, 0.25) is 0 Å². The van der Waals surface area contributed by atoms with Gasteiger partial charge in [0.2, 0.25) is 0 Å². The Labute approximate surface area is 155 Å². The molecule has 0 radical (unpaired) electrons. The summed E-state index contributed by atoms with van der Waals surface area (Å²) in [6.45, 7) is 7.18. The van der Waals surface area contributed by atoms with Crippen molar-refractivity contribution in [3.8, 4) is 0 Å². The lowest BCUT2D eigenvalue weighted by Crippen LogP contribution is -2.32. The fourth-order valence-electron chi connectivity index (χ4n) is 3.50. The number of aromatic carboxylic acids is 1. The Kier molecular flexibility index (Phi) is 6.42. The number of hydrogen-bond acceptors (Lipinski definition) is 3. The highest BCUT2D eigenvalue weighted by Gasteiger charge is 2.16. The predicted octanol–water partition coefficient (Wildman–Crippen LogP) is 3.91. The quantitative estimate of drug-likeness (QED) is 0.793. The predicted molar refractivity (Wildman–Crippen MR) is 104 cm³/mol. The average Bonchev–Trinajstić information content (AvgIpc) is 2.65. The van der Waals surface area contributed by atoms with Gasteiger partial charge in [-0.15, -0.1) is 0 Å². The van der Waals surface area contributed by atoms with E-state index in [0.29, 0.717) is 12.1 Å². The van der Waals surface area contributed by atoms with E-state index in [1.165, 1.54) is 37.1 Å². The maximum Gasteiger partial charge on any atom is 0.335 e. The van der Waals surface area contributed by atoms with Crippen molar-refractivity contribution in [1.29, 1.82) is 0 Å². The number of nitrogens with zero attached hydrogens (tertiary/aromatic N) is 1. The Morgan fingerprint density at radius 2 is 1.81 bits per heavy atom. The molecule has 4 heteroatoms. The first kappa shape index (κ1) is 18.6. The van der Waals surface area contributed by atoms with Crippen LogP contribution in [0.25, 0.3) is 0 Å². The maximum atomic E-state index is 11.1. The third kappa shape index (κ3) is 5.16. The van der Waals surface area contributed by atoms with Crippen LogP contribution in [0.3, 0.4) is 0 Å². The summed E-state index contributed by atoms with van der Waals surface area (Å²) in [4.78, 5) is 13.6. The molecule has 0 spiro atoms. The normalized spacial score (nSPS) is 15.9. The molecule has 2 aromatic rings. The molecule has 0 aliphatic carbocycles. The Morgan fingerprint density at radius 1 is 1.08 bits per heavy atom. The molecule has 1 aliphatic heterocycles.